The molecule has 92 heavy (non-hydrogen) atoms. The molecule has 0 heterocycles. The number of rotatable bonds is 5. The van der Waals surface area contributed by atoms with Crippen LogP contribution >= 0.6 is 0 Å². The minimum absolute atomic E-state index is 0.0881. The first-order valence-corrected chi connectivity index (χ1v) is 32.3. The van der Waals surface area contributed by atoms with Crippen LogP contribution in [0, 0.1) is 0 Å². The van der Waals surface area contributed by atoms with Crippen molar-refractivity contribution in [2.45, 2.75) is 23.2 Å². The van der Waals surface area contributed by atoms with Crippen LogP contribution in [0.2, 0.25) is 0 Å². The van der Waals surface area contributed by atoms with E-state index in [0.717, 1.165) is 17.6 Å². The van der Waals surface area contributed by atoms with Gasteiger partial charge in [0.1, 0.15) is 0 Å². The van der Waals surface area contributed by atoms with Crippen LogP contribution in [-0.4, -0.2) is 5.78 Å². The average molecular weight is 1170 g/mol. The zero-order valence-electron chi connectivity index (χ0n) is 50.4. The Morgan fingerprint density at radius 3 is 1.32 bits per heavy atom. The molecule has 5 aliphatic rings. The van der Waals surface area contributed by atoms with Gasteiger partial charge >= 0.3 is 0 Å². The van der Waals surface area contributed by atoms with Crippen LogP contribution in [0.1, 0.15) is 67.2 Å². The van der Waals surface area contributed by atoms with Crippen molar-refractivity contribution in [3.63, 3.8) is 0 Å². The van der Waals surface area contributed by atoms with E-state index >= 15 is 4.79 Å². The Morgan fingerprint density at radius 2 is 0.717 bits per heavy atom. The molecule has 0 saturated heterocycles. The molecule has 0 amide bonds. The molecule has 1 atom stereocenters. The molecule has 15 aromatic carbocycles. The van der Waals surface area contributed by atoms with Gasteiger partial charge in [-0.3, -0.25) is 4.79 Å². The minimum atomic E-state index is -0.478. The van der Waals surface area contributed by atoms with Gasteiger partial charge in [-0.05, 0) is 209 Å². The number of hydrogen-bond donors (Lipinski definition) is 0. The second-order valence-electron chi connectivity index (χ2n) is 25.6. The normalized spacial score (nSPS) is 15.2. The maximum Gasteiger partial charge on any atom is 0.192 e. The fourth-order valence-corrected chi connectivity index (χ4v) is 17.2. The molecule has 0 fully saturated rings. The fourth-order valence-electron chi connectivity index (χ4n) is 17.2. The molecule has 5 aliphatic carbocycles. The highest BCUT2D eigenvalue weighted by atomic mass is 16.1. The summed E-state index contributed by atoms with van der Waals surface area (Å²) in [4.78, 5) is 15.0. The van der Waals surface area contributed by atoms with E-state index in [2.05, 4.69) is 334 Å². The molecule has 1 heteroatoms. The van der Waals surface area contributed by atoms with Crippen LogP contribution in [0.15, 0.2) is 345 Å². The van der Waals surface area contributed by atoms with Gasteiger partial charge in [0.15, 0.2) is 5.78 Å². The van der Waals surface area contributed by atoms with E-state index in [4.69, 9.17) is 0 Å². The van der Waals surface area contributed by atoms with E-state index < -0.39 is 10.8 Å². The predicted molar refractivity (Wildman–Crippen MR) is 382 cm³/mol. The molecule has 20 rings (SSSR count). The summed E-state index contributed by atoms with van der Waals surface area (Å²) in [6, 6.07) is 117. The lowest BCUT2D eigenvalue weighted by Crippen LogP contribution is -2.28. The highest BCUT2D eigenvalue weighted by Crippen LogP contribution is 2.66. The average Bonchev–Trinajstić information content (AvgIpc) is 1.52. The summed E-state index contributed by atoms with van der Waals surface area (Å²) in [5.41, 5.74) is 27.4. The number of ketones is 1. The molecular weight excluding hydrogens is 1110 g/mol. The van der Waals surface area contributed by atoms with Gasteiger partial charge in [0.05, 0.1) is 10.8 Å². The lowest BCUT2D eigenvalue weighted by Gasteiger charge is -2.33. The van der Waals surface area contributed by atoms with E-state index in [1.54, 1.807) is 0 Å². The molecule has 0 aromatic heterocycles. The van der Waals surface area contributed by atoms with Gasteiger partial charge in [0, 0.05) is 17.1 Å². The number of fused-ring (bicyclic) bond motifs is 25. The highest BCUT2D eigenvalue weighted by molar-refractivity contribution is 6.15. The van der Waals surface area contributed by atoms with Gasteiger partial charge in [-0.25, -0.2) is 0 Å². The predicted octanol–water partition coefficient (Wildman–Crippen LogP) is 22.9. The smallest absolute Gasteiger partial charge is 0.192 e. The molecule has 2 spiro atoms. The molecule has 0 radical (unpaired) electrons. The van der Waals surface area contributed by atoms with Crippen LogP contribution in [0.5, 0.6) is 0 Å². The Bertz CT molecular complexity index is 5620. The maximum atomic E-state index is 15.0. The van der Waals surface area contributed by atoms with Crippen LogP contribution in [0.3, 0.4) is 0 Å². The van der Waals surface area contributed by atoms with Crippen molar-refractivity contribution < 1.29 is 4.79 Å². The second-order valence-corrected chi connectivity index (χ2v) is 25.6. The third-order valence-electron chi connectivity index (χ3n) is 21.1. The Kier molecular flexibility index (Phi) is 11.5. The first kappa shape index (κ1) is 52.4. The zero-order valence-corrected chi connectivity index (χ0v) is 50.4. The maximum absolute atomic E-state index is 15.0. The number of carbonyl (C=O) groups excluding carboxylic acids is 1. The molecule has 15 aromatic rings. The third-order valence-corrected chi connectivity index (χ3v) is 21.1. The molecule has 0 bridgehead atoms. The minimum Gasteiger partial charge on any atom is -0.289 e. The lowest BCUT2D eigenvalue weighted by atomic mass is 9.68. The number of allylic oxidation sites excluding steroid dienone is 4. The molecule has 428 valence electrons. The number of hydrogen-bond acceptors (Lipinski definition) is 1. The van der Waals surface area contributed by atoms with Crippen LogP contribution in [0.4, 0.5) is 0 Å². The summed E-state index contributed by atoms with van der Waals surface area (Å²) in [6.07, 6.45) is 5.28. The molecule has 0 aliphatic heterocycles. The van der Waals surface area contributed by atoms with Crippen LogP contribution in [0.25, 0.3) is 110 Å². The first-order chi connectivity index (χ1) is 45.5. The number of Topliss-reactive ketones (excluding diaryl/α,β-unsaturated/α-hetero) is 1. The van der Waals surface area contributed by atoms with Gasteiger partial charge < -0.3 is 0 Å². The molecule has 1 unspecified atom stereocenters. The third kappa shape index (κ3) is 7.51. The molecule has 1 nitrogen and oxygen atoms in total. The second kappa shape index (κ2) is 20.3. The quantitative estimate of drug-likeness (QED) is 0.124. The van der Waals surface area contributed by atoms with Gasteiger partial charge in [-0.15, -0.1) is 0 Å². The molecule has 0 N–H and O–H groups in total. The topological polar surface area (TPSA) is 17.1 Å². The van der Waals surface area contributed by atoms with E-state index in [1.165, 1.54) is 160 Å². The van der Waals surface area contributed by atoms with Gasteiger partial charge in [-0.2, -0.15) is 0 Å². The van der Waals surface area contributed by atoms with Gasteiger partial charge in [0.25, 0.3) is 0 Å². The van der Waals surface area contributed by atoms with Crippen LogP contribution in [-0.2, 0) is 10.8 Å². The van der Waals surface area contributed by atoms with E-state index in [-0.39, 0.29) is 11.7 Å². The summed E-state index contributed by atoms with van der Waals surface area (Å²) in [5, 5.41) is 10.2. The van der Waals surface area contributed by atoms with Crippen molar-refractivity contribution in [3.8, 4) is 66.8 Å². The van der Waals surface area contributed by atoms with E-state index in [1.807, 2.05) is 0 Å². The SMILES string of the molecule is O=C(C1=CCC2C(=C1)C1(c3ccccc3-c3ccccc31)c1ccccc12)c1ccc2c(c1)C1(c3ccccc3-c3ccccc31)c1ccccc1-2.c1cc(-c2ccc3cc(-c4ccc5ccccc5c4)ccc3c2)cc(-c2cc3ccccc3c3ccccc23)c1. The van der Waals surface area contributed by atoms with Gasteiger partial charge in [-0.1, -0.05) is 291 Å². The van der Waals surface area contributed by atoms with Crippen molar-refractivity contribution >= 4 is 48.9 Å². The van der Waals surface area contributed by atoms with Crippen molar-refractivity contribution in [1.82, 2.24) is 0 Å². The number of carbonyl (C=O) groups is 1. The van der Waals surface area contributed by atoms with E-state index in [0.29, 0.717) is 0 Å². The molecule has 0 saturated carbocycles. The Balaban J connectivity index is 0.000000136. The fraction of sp³-hybridized carbons (Fsp3) is 0.0440. The van der Waals surface area contributed by atoms with Crippen molar-refractivity contribution in [3.05, 3.63) is 395 Å². The molecular formula is C91H58O. The van der Waals surface area contributed by atoms with Crippen molar-refractivity contribution in [2.24, 2.45) is 0 Å². The lowest BCUT2D eigenvalue weighted by molar-refractivity contribution is 0.103. The van der Waals surface area contributed by atoms with Crippen LogP contribution < -0.4 is 0 Å². The monoisotopic (exact) mass is 1170 g/mol. The zero-order chi connectivity index (χ0) is 60.7. The Morgan fingerprint density at radius 1 is 0.283 bits per heavy atom. The first-order valence-electron chi connectivity index (χ1n) is 32.3. The Labute approximate surface area is 535 Å². The summed E-state index contributed by atoms with van der Waals surface area (Å²) in [5.74, 6) is 0.307. The number of benzene rings is 15. The standard InChI is InChI=1S/C51H32O.C40H26/c52-49(31-25-27-39-37-17-5-11-23-45(37)50(47(39)29-31)41-19-7-1-13-33(41)34-14-2-8-20-42(34)50)32-26-28-40-38-18-6-12-24-46(38)51(48(40)30-32)43-21-9-3-15-35(43)36-16-4-10-22-44(36)51;1-2-9-28-22-31(17-16-27(28)8-1)33-21-20-32-23-30(18-19-34(32)24-33)29-11-7-12-35(25-29)40-26-36-10-3-4-13-37(36)38-14-5-6-15-39(38)40/h1-27,29-30,40H,28H2;1-26H. The van der Waals surface area contributed by atoms with Gasteiger partial charge in [0.2, 0.25) is 0 Å². The van der Waals surface area contributed by atoms with Crippen molar-refractivity contribution in [1.29, 1.82) is 0 Å². The summed E-state index contributed by atoms with van der Waals surface area (Å²) >= 11 is 0. The van der Waals surface area contributed by atoms with Crippen molar-refractivity contribution in [2.75, 3.05) is 0 Å². The van der Waals surface area contributed by atoms with E-state index in [9.17, 15) is 0 Å². The highest BCUT2D eigenvalue weighted by Gasteiger charge is 2.56. The summed E-state index contributed by atoms with van der Waals surface area (Å²) in [7, 11) is 0. The summed E-state index contributed by atoms with van der Waals surface area (Å²) < 4.78 is 0. The largest absolute Gasteiger partial charge is 0.289 e. The summed E-state index contributed by atoms with van der Waals surface area (Å²) in [6.45, 7) is 0. The Hall–Kier alpha value is -11.5.